The number of rotatable bonds is 1. The van der Waals surface area contributed by atoms with Gasteiger partial charge >= 0.3 is 0 Å². The zero-order chi connectivity index (χ0) is 10.0. The number of thiol groups is 1. The molecule has 0 spiro atoms. The third kappa shape index (κ3) is 1.59. The van der Waals surface area contributed by atoms with Crippen molar-refractivity contribution in [1.29, 1.82) is 0 Å². The van der Waals surface area contributed by atoms with Crippen LogP contribution >= 0.6 is 12.6 Å². The molecule has 0 amide bonds. The third-order valence-electron chi connectivity index (χ3n) is 2.91. The van der Waals surface area contributed by atoms with Crippen molar-refractivity contribution in [3.05, 3.63) is 35.9 Å². The second-order valence-corrected chi connectivity index (χ2v) is 4.62. The molecule has 0 N–H and O–H groups in total. The summed E-state index contributed by atoms with van der Waals surface area (Å²) in [5.74, 6) is 0.276. The van der Waals surface area contributed by atoms with Crippen LogP contribution in [0.5, 0.6) is 0 Å². The fourth-order valence-corrected chi connectivity index (χ4v) is 2.45. The van der Waals surface area contributed by atoms with Gasteiger partial charge in [-0.25, -0.2) is 0 Å². The molecule has 0 saturated heterocycles. The summed E-state index contributed by atoms with van der Waals surface area (Å²) in [6.07, 6.45) is 3.68. The van der Waals surface area contributed by atoms with Gasteiger partial charge in [-0.15, -0.1) is 0 Å². The maximum Gasteiger partial charge on any atom is 0.153 e. The highest BCUT2D eigenvalue weighted by atomic mass is 32.1. The highest BCUT2D eigenvalue weighted by Crippen LogP contribution is 2.39. The van der Waals surface area contributed by atoms with Gasteiger partial charge in [0.05, 0.1) is 4.75 Å². The minimum absolute atomic E-state index is 0.276. The molecule has 1 aromatic carbocycles. The van der Waals surface area contributed by atoms with E-state index in [9.17, 15) is 4.79 Å². The van der Waals surface area contributed by atoms with E-state index in [0.29, 0.717) is 6.42 Å². The van der Waals surface area contributed by atoms with Gasteiger partial charge in [-0.05, 0) is 18.4 Å². The van der Waals surface area contributed by atoms with Gasteiger partial charge in [0.2, 0.25) is 0 Å². The van der Waals surface area contributed by atoms with Crippen LogP contribution in [-0.2, 0) is 9.54 Å². The second kappa shape index (κ2) is 3.77. The molecule has 0 bridgehead atoms. The van der Waals surface area contributed by atoms with Gasteiger partial charge in [-0.2, -0.15) is 12.6 Å². The molecule has 2 heteroatoms. The summed E-state index contributed by atoms with van der Waals surface area (Å²) < 4.78 is -0.514. The first-order chi connectivity index (χ1) is 6.73. The lowest BCUT2D eigenvalue weighted by molar-refractivity contribution is -0.123. The molecule has 1 atom stereocenters. The minimum atomic E-state index is -0.514. The van der Waals surface area contributed by atoms with Crippen LogP contribution in [0.15, 0.2) is 30.3 Å². The molecule has 0 heterocycles. The van der Waals surface area contributed by atoms with Crippen molar-refractivity contribution < 1.29 is 4.79 Å². The van der Waals surface area contributed by atoms with Crippen LogP contribution in [0.3, 0.4) is 0 Å². The Balaban J connectivity index is 2.35. The fraction of sp³-hybridized carbons (Fsp3) is 0.417. The van der Waals surface area contributed by atoms with E-state index in [2.05, 4.69) is 12.6 Å². The van der Waals surface area contributed by atoms with Gasteiger partial charge in [-0.3, -0.25) is 4.79 Å². The van der Waals surface area contributed by atoms with Crippen molar-refractivity contribution in [3.63, 3.8) is 0 Å². The van der Waals surface area contributed by atoms with Crippen LogP contribution in [0.1, 0.15) is 31.2 Å². The van der Waals surface area contributed by atoms with Gasteiger partial charge in [-0.1, -0.05) is 36.8 Å². The summed E-state index contributed by atoms with van der Waals surface area (Å²) in [5.41, 5.74) is 1.05. The van der Waals surface area contributed by atoms with Crippen molar-refractivity contribution in [2.24, 2.45) is 0 Å². The lowest BCUT2D eigenvalue weighted by atomic mass is 9.82. The molecular formula is C12H14OS. The summed E-state index contributed by atoms with van der Waals surface area (Å²) in [7, 11) is 0. The molecule has 1 fully saturated rings. The van der Waals surface area contributed by atoms with E-state index in [-0.39, 0.29) is 5.78 Å². The van der Waals surface area contributed by atoms with Crippen LogP contribution in [-0.4, -0.2) is 5.78 Å². The van der Waals surface area contributed by atoms with E-state index in [0.717, 1.165) is 24.8 Å². The standard InChI is InChI=1S/C12H14OS/c13-11-8-4-5-9-12(11,14)10-6-2-1-3-7-10/h1-3,6-7,14H,4-5,8-9H2. The van der Waals surface area contributed by atoms with E-state index in [1.807, 2.05) is 30.3 Å². The summed E-state index contributed by atoms with van der Waals surface area (Å²) in [5, 5.41) is 0. The first-order valence-electron chi connectivity index (χ1n) is 5.05. The van der Waals surface area contributed by atoms with Crippen LogP contribution < -0.4 is 0 Å². The topological polar surface area (TPSA) is 17.1 Å². The number of Topliss-reactive ketones (excluding diaryl/α,β-unsaturated/α-hetero) is 1. The van der Waals surface area contributed by atoms with E-state index in [1.54, 1.807) is 0 Å². The quantitative estimate of drug-likeness (QED) is 0.699. The molecule has 1 unspecified atom stereocenters. The van der Waals surface area contributed by atoms with Crippen LogP contribution in [0.2, 0.25) is 0 Å². The highest BCUT2D eigenvalue weighted by Gasteiger charge is 2.37. The molecule has 1 aliphatic carbocycles. The minimum Gasteiger partial charge on any atom is -0.298 e. The van der Waals surface area contributed by atoms with Gasteiger partial charge < -0.3 is 0 Å². The fourth-order valence-electron chi connectivity index (χ4n) is 2.03. The van der Waals surface area contributed by atoms with Crippen LogP contribution in [0, 0.1) is 0 Å². The first kappa shape index (κ1) is 9.78. The Labute approximate surface area is 89.9 Å². The molecule has 0 aromatic heterocycles. The van der Waals surface area contributed by atoms with E-state index >= 15 is 0 Å². The summed E-state index contributed by atoms with van der Waals surface area (Å²) in [6.45, 7) is 0. The maximum absolute atomic E-state index is 11.8. The summed E-state index contributed by atoms with van der Waals surface area (Å²) >= 11 is 4.58. The van der Waals surface area contributed by atoms with Gasteiger partial charge in [0.15, 0.2) is 5.78 Å². The Morgan fingerprint density at radius 2 is 1.86 bits per heavy atom. The van der Waals surface area contributed by atoms with Crippen molar-refractivity contribution >= 4 is 18.4 Å². The molecule has 74 valence electrons. The average Bonchev–Trinajstić information content (AvgIpc) is 2.24. The SMILES string of the molecule is O=C1CCCCC1(S)c1ccccc1. The van der Waals surface area contributed by atoms with Crippen molar-refractivity contribution in [3.8, 4) is 0 Å². The van der Waals surface area contributed by atoms with Gasteiger partial charge in [0.1, 0.15) is 0 Å². The lowest BCUT2D eigenvalue weighted by Gasteiger charge is -2.31. The molecule has 1 saturated carbocycles. The number of hydrogen-bond donors (Lipinski definition) is 1. The van der Waals surface area contributed by atoms with Crippen molar-refractivity contribution in [2.45, 2.75) is 30.4 Å². The zero-order valence-corrected chi connectivity index (χ0v) is 8.97. The molecule has 14 heavy (non-hydrogen) atoms. The second-order valence-electron chi connectivity index (χ2n) is 3.86. The molecule has 1 aromatic rings. The monoisotopic (exact) mass is 206 g/mol. The van der Waals surface area contributed by atoms with Crippen LogP contribution in [0.25, 0.3) is 0 Å². The molecule has 0 aliphatic heterocycles. The van der Waals surface area contributed by atoms with E-state index in [4.69, 9.17) is 0 Å². The first-order valence-corrected chi connectivity index (χ1v) is 5.49. The Kier molecular flexibility index (Phi) is 2.64. The number of carbonyl (C=O) groups excluding carboxylic acids is 1. The van der Waals surface area contributed by atoms with E-state index in [1.165, 1.54) is 0 Å². The number of carbonyl (C=O) groups is 1. The third-order valence-corrected chi connectivity index (χ3v) is 3.64. The zero-order valence-electron chi connectivity index (χ0n) is 8.07. The Morgan fingerprint density at radius 3 is 2.50 bits per heavy atom. The Morgan fingerprint density at radius 1 is 1.14 bits per heavy atom. The largest absolute Gasteiger partial charge is 0.298 e. The Hall–Kier alpha value is -0.760. The number of ketones is 1. The Bertz CT molecular complexity index is 333. The molecule has 1 nitrogen and oxygen atoms in total. The molecule has 1 aliphatic rings. The van der Waals surface area contributed by atoms with E-state index < -0.39 is 4.75 Å². The molecular weight excluding hydrogens is 192 g/mol. The predicted molar refractivity (Wildman–Crippen MR) is 60.6 cm³/mol. The predicted octanol–water partition coefficient (Wildman–Crippen LogP) is 2.95. The highest BCUT2D eigenvalue weighted by molar-refractivity contribution is 7.82. The number of hydrogen-bond acceptors (Lipinski definition) is 2. The average molecular weight is 206 g/mol. The smallest absolute Gasteiger partial charge is 0.153 e. The van der Waals surface area contributed by atoms with Gasteiger partial charge in [0, 0.05) is 6.42 Å². The van der Waals surface area contributed by atoms with Crippen molar-refractivity contribution in [2.75, 3.05) is 0 Å². The number of benzene rings is 1. The summed E-state index contributed by atoms with van der Waals surface area (Å²) in [6, 6.07) is 9.89. The molecule has 2 rings (SSSR count). The molecule has 0 radical (unpaired) electrons. The van der Waals surface area contributed by atoms with Crippen LogP contribution in [0.4, 0.5) is 0 Å². The summed E-state index contributed by atoms with van der Waals surface area (Å²) in [4.78, 5) is 11.8. The van der Waals surface area contributed by atoms with Crippen molar-refractivity contribution in [1.82, 2.24) is 0 Å². The van der Waals surface area contributed by atoms with Gasteiger partial charge in [0.25, 0.3) is 0 Å². The lowest BCUT2D eigenvalue weighted by Crippen LogP contribution is -2.33. The maximum atomic E-state index is 11.8. The normalized spacial score (nSPS) is 27.6.